The Morgan fingerprint density at radius 1 is 1.38 bits per heavy atom. The third-order valence-corrected chi connectivity index (χ3v) is 5.51. The Morgan fingerprint density at radius 2 is 2.12 bits per heavy atom. The van der Waals surface area contributed by atoms with E-state index in [4.69, 9.17) is 5.73 Å². The number of aliphatic hydroxyl groups excluding tert-OH is 1. The quantitative estimate of drug-likeness (QED) is 0.843. The minimum absolute atomic E-state index is 0.151. The van der Waals surface area contributed by atoms with E-state index in [0.29, 0.717) is 11.5 Å². The molecule has 0 aliphatic heterocycles. The number of aromatic nitrogens is 1. The molecule has 1 fully saturated rings. The summed E-state index contributed by atoms with van der Waals surface area (Å²) in [6, 6.07) is 7.21. The molecule has 1 amide bonds. The number of benzene rings is 1. The normalized spacial score (nSPS) is 20.6. The lowest BCUT2D eigenvalue weighted by Gasteiger charge is -2.22. The molecule has 5 nitrogen and oxygen atoms in total. The van der Waals surface area contributed by atoms with Crippen LogP contribution < -0.4 is 5.73 Å². The Labute approximate surface area is 146 Å². The number of nitrogens with two attached hydrogens (primary N) is 1. The van der Waals surface area contributed by atoms with Crippen LogP contribution in [0.15, 0.2) is 29.6 Å². The molecule has 2 atom stereocenters. The third kappa shape index (κ3) is 4.01. The molecule has 1 saturated carbocycles. The van der Waals surface area contributed by atoms with Crippen molar-refractivity contribution < 1.29 is 9.90 Å². The average molecular weight is 345 g/mol. The third-order valence-electron chi connectivity index (χ3n) is 4.57. The van der Waals surface area contributed by atoms with Crippen molar-refractivity contribution in [3.05, 3.63) is 40.9 Å². The molecule has 3 rings (SSSR count). The predicted octanol–water partition coefficient (Wildman–Crippen LogP) is 2.50. The Balaban J connectivity index is 1.61. The fraction of sp³-hybridized carbons (Fsp3) is 0.444. The molecule has 1 aliphatic rings. The fourth-order valence-corrected chi connectivity index (χ4v) is 4.08. The minimum atomic E-state index is -0.419. The van der Waals surface area contributed by atoms with Crippen molar-refractivity contribution >= 4 is 17.2 Å². The molecular weight excluding hydrogens is 322 g/mol. The van der Waals surface area contributed by atoms with Gasteiger partial charge in [-0.15, -0.1) is 11.3 Å². The van der Waals surface area contributed by atoms with E-state index >= 15 is 0 Å². The Bertz CT molecular complexity index is 699. The van der Waals surface area contributed by atoms with Crippen LogP contribution in [0.4, 0.5) is 0 Å². The molecule has 2 unspecified atom stereocenters. The topological polar surface area (TPSA) is 79.5 Å². The summed E-state index contributed by atoms with van der Waals surface area (Å²) in [5, 5.41) is 13.0. The van der Waals surface area contributed by atoms with Crippen LogP contribution in [0, 0.1) is 5.92 Å². The van der Waals surface area contributed by atoms with Gasteiger partial charge in [-0.3, -0.25) is 4.79 Å². The number of nitrogens with zero attached hydrogens (tertiary/aromatic N) is 2. The van der Waals surface area contributed by atoms with Crippen LogP contribution in [-0.4, -0.2) is 40.6 Å². The van der Waals surface area contributed by atoms with Crippen LogP contribution >= 0.6 is 11.3 Å². The Morgan fingerprint density at radius 3 is 2.75 bits per heavy atom. The summed E-state index contributed by atoms with van der Waals surface area (Å²) in [6.07, 6.45) is 3.02. The molecular formula is C18H23N3O2S. The monoisotopic (exact) mass is 345 g/mol. The van der Waals surface area contributed by atoms with Crippen molar-refractivity contribution in [3.63, 3.8) is 0 Å². The van der Waals surface area contributed by atoms with Gasteiger partial charge in [0.1, 0.15) is 5.01 Å². The summed E-state index contributed by atoms with van der Waals surface area (Å²) in [7, 11) is 2.08. The smallest absolute Gasteiger partial charge is 0.248 e. The summed E-state index contributed by atoms with van der Waals surface area (Å²) >= 11 is 1.60. The van der Waals surface area contributed by atoms with E-state index in [1.54, 1.807) is 23.5 Å². The van der Waals surface area contributed by atoms with Gasteiger partial charge in [-0.25, -0.2) is 4.98 Å². The van der Waals surface area contributed by atoms with E-state index in [-0.39, 0.29) is 6.10 Å². The van der Waals surface area contributed by atoms with Crippen LogP contribution in [0.3, 0.4) is 0 Å². The van der Waals surface area contributed by atoms with Gasteiger partial charge >= 0.3 is 0 Å². The lowest BCUT2D eigenvalue weighted by atomic mass is 10.1. The molecule has 0 radical (unpaired) electrons. The first kappa shape index (κ1) is 17.1. The summed E-state index contributed by atoms with van der Waals surface area (Å²) in [5.74, 6) is -0.0356. The second-order valence-corrected chi connectivity index (χ2v) is 7.40. The number of carbonyl (C=O) groups excluding carboxylic acids is 1. The van der Waals surface area contributed by atoms with Gasteiger partial charge in [-0.05, 0) is 37.9 Å². The largest absolute Gasteiger partial charge is 0.393 e. The van der Waals surface area contributed by atoms with E-state index in [9.17, 15) is 9.90 Å². The van der Waals surface area contributed by atoms with Crippen LogP contribution in [0.5, 0.6) is 0 Å². The number of amides is 1. The fourth-order valence-electron chi connectivity index (χ4n) is 3.26. The van der Waals surface area contributed by atoms with Crippen molar-refractivity contribution in [1.29, 1.82) is 0 Å². The number of primary amides is 1. The number of aliphatic hydroxyl groups is 1. The summed E-state index contributed by atoms with van der Waals surface area (Å²) in [4.78, 5) is 18.0. The van der Waals surface area contributed by atoms with Crippen LogP contribution in [0.1, 0.15) is 35.3 Å². The number of hydrogen-bond acceptors (Lipinski definition) is 5. The van der Waals surface area contributed by atoms with Gasteiger partial charge in [0.15, 0.2) is 0 Å². The first-order valence-corrected chi connectivity index (χ1v) is 9.12. The lowest BCUT2D eigenvalue weighted by Crippen LogP contribution is -2.29. The van der Waals surface area contributed by atoms with Gasteiger partial charge in [0.05, 0.1) is 11.8 Å². The second-order valence-electron chi connectivity index (χ2n) is 6.54. The zero-order valence-corrected chi connectivity index (χ0v) is 14.6. The molecule has 1 aromatic heterocycles. The van der Waals surface area contributed by atoms with Gasteiger partial charge < -0.3 is 15.7 Å². The van der Waals surface area contributed by atoms with Gasteiger partial charge in [0.25, 0.3) is 0 Å². The van der Waals surface area contributed by atoms with Crippen molar-refractivity contribution in [3.8, 4) is 10.6 Å². The SMILES string of the molecule is CN(Cc1csc(-c2ccc(C(N)=O)cc2)n1)CC1CCCC1O. The lowest BCUT2D eigenvalue weighted by molar-refractivity contribution is 0.1000. The highest BCUT2D eigenvalue weighted by atomic mass is 32.1. The van der Waals surface area contributed by atoms with E-state index < -0.39 is 5.91 Å². The highest BCUT2D eigenvalue weighted by Crippen LogP contribution is 2.27. The minimum Gasteiger partial charge on any atom is -0.393 e. The number of carbonyl (C=O) groups is 1. The maximum atomic E-state index is 11.1. The summed E-state index contributed by atoms with van der Waals surface area (Å²) in [5.41, 5.74) is 7.79. The second kappa shape index (κ2) is 7.42. The standard InChI is InChI=1S/C18H23N3O2S/c1-21(9-14-3-2-4-16(14)22)10-15-11-24-18(20-15)13-7-5-12(6-8-13)17(19)23/h5-8,11,14,16,22H,2-4,9-10H2,1H3,(H2,19,23). The maximum Gasteiger partial charge on any atom is 0.248 e. The molecule has 2 aromatic rings. The highest BCUT2D eigenvalue weighted by molar-refractivity contribution is 7.13. The van der Waals surface area contributed by atoms with Gasteiger partial charge in [-0.2, -0.15) is 0 Å². The Kier molecular flexibility index (Phi) is 5.28. The van der Waals surface area contributed by atoms with Crippen molar-refractivity contribution in [2.24, 2.45) is 11.7 Å². The summed E-state index contributed by atoms with van der Waals surface area (Å²) < 4.78 is 0. The number of hydrogen-bond donors (Lipinski definition) is 2. The first-order valence-electron chi connectivity index (χ1n) is 8.24. The van der Waals surface area contributed by atoms with Crippen LogP contribution in [0.25, 0.3) is 10.6 Å². The van der Waals surface area contributed by atoms with Crippen molar-refractivity contribution in [2.75, 3.05) is 13.6 Å². The number of thiazole rings is 1. The molecule has 1 heterocycles. The average Bonchev–Trinajstić information content (AvgIpc) is 3.17. The molecule has 3 N–H and O–H groups in total. The highest BCUT2D eigenvalue weighted by Gasteiger charge is 2.26. The molecule has 1 aromatic carbocycles. The summed E-state index contributed by atoms with van der Waals surface area (Å²) in [6.45, 7) is 1.68. The molecule has 0 spiro atoms. The van der Waals surface area contributed by atoms with Crippen molar-refractivity contribution in [2.45, 2.75) is 31.9 Å². The Hall–Kier alpha value is -1.76. The van der Waals surface area contributed by atoms with Gasteiger partial charge in [-0.1, -0.05) is 18.6 Å². The van der Waals surface area contributed by atoms with Crippen molar-refractivity contribution in [1.82, 2.24) is 9.88 Å². The molecule has 0 bridgehead atoms. The first-order chi connectivity index (χ1) is 11.5. The molecule has 128 valence electrons. The molecule has 0 saturated heterocycles. The van der Waals surface area contributed by atoms with E-state index in [0.717, 1.165) is 48.6 Å². The molecule has 24 heavy (non-hydrogen) atoms. The van der Waals surface area contributed by atoms with Crippen LogP contribution in [-0.2, 0) is 6.54 Å². The van der Waals surface area contributed by atoms with Crippen LogP contribution in [0.2, 0.25) is 0 Å². The number of rotatable bonds is 6. The van der Waals surface area contributed by atoms with E-state index in [2.05, 4.69) is 22.3 Å². The van der Waals surface area contributed by atoms with E-state index in [1.807, 2.05) is 12.1 Å². The van der Waals surface area contributed by atoms with Gasteiger partial charge in [0, 0.05) is 29.6 Å². The molecule has 1 aliphatic carbocycles. The molecule has 6 heteroatoms. The zero-order chi connectivity index (χ0) is 17.1. The zero-order valence-electron chi connectivity index (χ0n) is 13.8. The van der Waals surface area contributed by atoms with E-state index in [1.165, 1.54) is 0 Å². The predicted molar refractivity (Wildman–Crippen MR) is 95.7 cm³/mol. The van der Waals surface area contributed by atoms with Gasteiger partial charge in [0.2, 0.25) is 5.91 Å². The maximum absolute atomic E-state index is 11.1.